The molecule has 25 heavy (non-hydrogen) atoms. The molecule has 3 aromatic heterocycles. The lowest BCUT2D eigenvalue weighted by molar-refractivity contribution is 0.838. The number of benzene rings is 2. The minimum Gasteiger partial charge on any atom is -0.383 e. The van der Waals surface area contributed by atoms with E-state index in [0.29, 0.717) is 5.82 Å². The molecule has 0 spiro atoms. The van der Waals surface area contributed by atoms with Crippen LogP contribution >= 0.6 is 11.3 Å². The van der Waals surface area contributed by atoms with E-state index in [1.54, 1.807) is 11.3 Å². The summed E-state index contributed by atoms with van der Waals surface area (Å²) in [4.78, 5) is 12.7. The summed E-state index contributed by atoms with van der Waals surface area (Å²) in [5, 5.41) is 1.89. The fourth-order valence-corrected chi connectivity index (χ4v) is 4.02. The molecule has 0 aliphatic heterocycles. The quantitative estimate of drug-likeness (QED) is 0.511. The van der Waals surface area contributed by atoms with Crippen molar-refractivity contribution in [3.8, 4) is 0 Å². The van der Waals surface area contributed by atoms with Crippen molar-refractivity contribution < 1.29 is 0 Å². The zero-order valence-corrected chi connectivity index (χ0v) is 14.0. The minimum atomic E-state index is 0.196. The zero-order chi connectivity index (χ0) is 17.0. The second-order valence-corrected chi connectivity index (χ2v) is 6.84. The van der Waals surface area contributed by atoms with Crippen molar-refractivity contribution in [3.63, 3.8) is 0 Å². The van der Waals surface area contributed by atoms with E-state index in [1.807, 2.05) is 11.6 Å². The molecule has 6 nitrogen and oxygen atoms in total. The highest BCUT2D eigenvalue weighted by atomic mass is 32.1. The molecule has 0 radical (unpaired) electrons. The maximum Gasteiger partial charge on any atom is 0.222 e. The summed E-state index contributed by atoms with van der Waals surface area (Å²) >= 11 is 1.66. The van der Waals surface area contributed by atoms with Crippen LogP contribution in [-0.2, 0) is 6.54 Å². The Morgan fingerprint density at radius 2 is 1.88 bits per heavy atom. The normalized spacial score (nSPS) is 11.7. The number of nitrogens with two attached hydrogens (primary N) is 2. The van der Waals surface area contributed by atoms with E-state index >= 15 is 0 Å². The Labute approximate surface area is 146 Å². The third-order valence-corrected chi connectivity index (χ3v) is 5.20. The van der Waals surface area contributed by atoms with Gasteiger partial charge in [0.25, 0.3) is 0 Å². The number of thiazole rings is 1. The Kier molecular flexibility index (Phi) is 2.92. The number of rotatable bonds is 2. The first-order valence-electron chi connectivity index (χ1n) is 7.82. The van der Waals surface area contributed by atoms with E-state index in [9.17, 15) is 0 Å². The monoisotopic (exact) mass is 346 g/mol. The van der Waals surface area contributed by atoms with Gasteiger partial charge < -0.3 is 16.0 Å². The molecule has 0 aliphatic carbocycles. The summed E-state index contributed by atoms with van der Waals surface area (Å²) < 4.78 is 3.40. The van der Waals surface area contributed by atoms with E-state index in [2.05, 4.69) is 56.0 Å². The fraction of sp³-hybridized carbons (Fsp3) is 0.0556. The molecule has 0 atom stereocenters. The lowest BCUT2D eigenvalue weighted by Crippen LogP contribution is -2.01. The van der Waals surface area contributed by atoms with Crippen LogP contribution in [0.15, 0.2) is 48.1 Å². The molecular formula is C18H14N6S. The average Bonchev–Trinajstić information content (AvgIpc) is 3.21. The highest BCUT2D eigenvalue weighted by Crippen LogP contribution is 2.30. The van der Waals surface area contributed by atoms with Crippen molar-refractivity contribution in [1.82, 2.24) is 19.5 Å². The van der Waals surface area contributed by atoms with Gasteiger partial charge in [0.05, 0.1) is 26.6 Å². The third kappa shape index (κ3) is 2.20. The molecule has 2 aromatic carbocycles. The first-order valence-corrected chi connectivity index (χ1v) is 8.70. The zero-order valence-electron chi connectivity index (χ0n) is 13.2. The summed E-state index contributed by atoms with van der Waals surface area (Å²) in [5.41, 5.74) is 17.8. The Bertz CT molecular complexity index is 1250. The standard InChI is InChI=1S/C18H14N6S/c19-17-16-11-5-6-24(14(11)4-3-13(16)22-18(20)23-17)8-10-1-2-12-15(7-10)25-9-21-12/h1-7,9H,8H2,(H4,19,20,22,23). The molecule has 0 saturated heterocycles. The smallest absolute Gasteiger partial charge is 0.222 e. The van der Waals surface area contributed by atoms with Gasteiger partial charge in [-0.3, -0.25) is 0 Å². The minimum absolute atomic E-state index is 0.196. The predicted octanol–water partition coefficient (Wildman–Crippen LogP) is 3.41. The third-order valence-electron chi connectivity index (χ3n) is 4.41. The van der Waals surface area contributed by atoms with Gasteiger partial charge in [0.1, 0.15) is 5.82 Å². The lowest BCUT2D eigenvalue weighted by atomic mass is 10.1. The molecule has 5 rings (SSSR count). The van der Waals surface area contributed by atoms with Crippen molar-refractivity contribution in [2.45, 2.75) is 6.54 Å². The number of fused-ring (bicyclic) bond motifs is 4. The van der Waals surface area contributed by atoms with Crippen molar-refractivity contribution in [2.75, 3.05) is 11.5 Å². The first kappa shape index (κ1) is 14.2. The lowest BCUT2D eigenvalue weighted by Gasteiger charge is -2.08. The number of anilines is 2. The Morgan fingerprint density at radius 1 is 1.00 bits per heavy atom. The van der Waals surface area contributed by atoms with Crippen LogP contribution in [0.4, 0.5) is 11.8 Å². The summed E-state index contributed by atoms with van der Waals surface area (Å²) in [5.74, 6) is 0.610. The van der Waals surface area contributed by atoms with Crippen LogP contribution in [0.5, 0.6) is 0 Å². The number of nitrogens with zero attached hydrogens (tertiary/aromatic N) is 4. The van der Waals surface area contributed by atoms with Gasteiger partial charge in [-0.25, -0.2) is 9.97 Å². The van der Waals surface area contributed by atoms with Crippen molar-refractivity contribution in [1.29, 1.82) is 0 Å². The summed E-state index contributed by atoms with van der Waals surface area (Å²) in [6, 6.07) is 12.4. The molecule has 122 valence electrons. The van der Waals surface area contributed by atoms with E-state index in [-0.39, 0.29) is 5.95 Å². The SMILES string of the molecule is Nc1nc(N)c2c(ccc3c2ccn3Cc2ccc3ncsc3c2)n1. The van der Waals surface area contributed by atoms with Gasteiger partial charge in [-0.15, -0.1) is 11.3 Å². The van der Waals surface area contributed by atoms with Gasteiger partial charge in [0.15, 0.2) is 0 Å². The van der Waals surface area contributed by atoms with Crippen LogP contribution < -0.4 is 11.5 Å². The Morgan fingerprint density at radius 3 is 2.80 bits per heavy atom. The van der Waals surface area contributed by atoms with Crippen LogP contribution in [0.3, 0.4) is 0 Å². The van der Waals surface area contributed by atoms with Gasteiger partial charge in [-0.2, -0.15) is 4.98 Å². The van der Waals surface area contributed by atoms with Crippen LogP contribution in [-0.4, -0.2) is 19.5 Å². The van der Waals surface area contributed by atoms with Crippen LogP contribution in [0.2, 0.25) is 0 Å². The highest BCUT2D eigenvalue weighted by Gasteiger charge is 2.11. The predicted molar refractivity (Wildman–Crippen MR) is 103 cm³/mol. The largest absolute Gasteiger partial charge is 0.383 e. The van der Waals surface area contributed by atoms with Crippen LogP contribution in [0.1, 0.15) is 5.56 Å². The van der Waals surface area contributed by atoms with Gasteiger partial charge in [-0.1, -0.05) is 6.07 Å². The molecule has 5 aromatic rings. The molecule has 0 bridgehead atoms. The fourth-order valence-electron chi connectivity index (χ4n) is 3.28. The van der Waals surface area contributed by atoms with E-state index in [0.717, 1.165) is 33.9 Å². The van der Waals surface area contributed by atoms with E-state index in [1.165, 1.54) is 10.3 Å². The maximum absolute atomic E-state index is 6.09. The number of hydrogen-bond donors (Lipinski definition) is 2. The molecule has 3 heterocycles. The van der Waals surface area contributed by atoms with Crippen molar-refractivity contribution in [3.05, 3.63) is 53.7 Å². The summed E-state index contributed by atoms with van der Waals surface area (Å²) in [6.45, 7) is 0.776. The van der Waals surface area contributed by atoms with E-state index < -0.39 is 0 Å². The Balaban J connectivity index is 1.65. The Hall–Kier alpha value is -3.19. The second-order valence-electron chi connectivity index (χ2n) is 5.96. The molecule has 0 aliphatic rings. The number of hydrogen-bond acceptors (Lipinski definition) is 6. The van der Waals surface area contributed by atoms with Gasteiger partial charge in [-0.05, 0) is 35.9 Å². The maximum atomic E-state index is 6.09. The molecular weight excluding hydrogens is 332 g/mol. The average molecular weight is 346 g/mol. The van der Waals surface area contributed by atoms with E-state index in [4.69, 9.17) is 11.5 Å². The van der Waals surface area contributed by atoms with Gasteiger partial charge in [0, 0.05) is 23.6 Å². The molecule has 0 amide bonds. The van der Waals surface area contributed by atoms with Crippen molar-refractivity contribution >= 4 is 55.1 Å². The number of nitrogen functional groups attached to an aromatic ring is 2. The summed E-state index contributed by atoms with van der Waals surface area (Å²) in [6.07, 6.45) is 2.07. The van der Waals surface area contributed by atoms with Crippen LogP contribution in [0, 0.1) is 0 Å². The van der Waals surface area contributed by atoms with Gasteiger partial charge >= 0.3 is 0 Å². The molecule has 0 fully saturated rings. The molecule has 0 unspecified atom stereocenters. The second kappa shape index (κ2) is 5.15. The van der Waals surface area contributed by atoms with Gasteiger partial charge in [0.2, 0.25) is 5.95 Å². The highest BCUT2D eigenvalue weighted by molar-refractivity contribution is 7.16. The number of aromatic nitrogens is 4. The summed E-state index contributed by atoms with van der Waals surface area (Å²) in [7, 11) is 0. The molecule has 0 saturated carbocycles. The molecule has 7 heteroatoms. The topological polar surface area (TPSA) is 95.6 Å². The van der Waals surface area contributed by atoms with Crippen molar-refractivity contribution in [2.24, 2.45) is 0 Å². The van der Waals surface area contributed by atoms with Crippen LogP contribution in [0.25, 0.3) is 32.0 Å². The molecule has 4 N–H and O–H groups in total. The first-order chi connectivity index (χ1) is 12.2.